The molecule has 0 amide bonds. The SMILES string of the molecule is CCCC1CC(C#N)(c2ccc(C)c(C)c2)C1. The van der Waals surface area contributed by atoms with Crippen LogP contribution >= 0.6 is 0 Å². The molecule has 1 aliphatic carbocycles. The fraction of sp³-hybridized carbons (Fsp3) is 0.562. The summed E-state index contributed by atoms with van der Waals surface area (Å²) in [5.74, 6) is 0.765. The number of nitriles is 1. The van der Waals surface area contributed by atoms with Crippen LogP contribution in [0.25, 0.3) is 0 Å². The van der Waals surface area contributed by atoms with E-state index in [2.05, 4.69) is 45.0 Å². The van der Waals surface area contributed by atoms with Gasteiger partial charge in [-0.25, -0.2) is 0 Å². The second-order valence-electron chi connectivity index (χ2n) is 5.56. The van der Waals surface area contributed by atoms with E-state index in [9.17, 15) is 5.26 Å². The van der Waals surface area contributed by atoms with Crippen LogP contribution in [0.4, 0.5) is 0 Å². The molecule has 0 radical (unpaired) electrons. The van der Waals surface area contributed by atoms with Gasteiger partial charge in [-0.05, 0) is 49.3 Å². The minimum atomic E-state index is -0.182. The van der Waals surface area contributed by atoms with E-state index in [1.165, 1.54) is 29.5 Å². The molecule has 17 heavy (non-hydrogen) atoms. The molecular formula is C16H21N. The number of nitrogens with zero attached hydrogens (tertiary/aromatic N) is 1. The summed E-state index contributed by atoms with van der Waals surface area (Å²) in [6, 6.07) is 9.07. The Hall–Kier alpha value is -1.29. The van der Waals surface area contributed by atoms with Crippen LogP contribution in [0.1, 0.15) is 49.3 Å². The Labute approximate surface area is 104 Å². The number of aryl methyl sites for hydroxylation is 2. The average Bonchev–Trinajstić information content (AvgIpc) is 2.27. The van der Waals surface area contributed by atoms with Gasteiger partial charge in [-0.3, -0.25) is 0 Å². The van der Waals surface area contributed by atoms with Crippen molar-refractivity contribution in [3.63, 3.8) is 0 Å². The van der Waals surface area contributed by atoms with E-state index >= 15 is 0 Å². The topological polar surface area (TPSA) is 23.8 Å². The summed E-state index contributed by atoms with van der Waals surface area (Å²) in [7, 11) is 0. The average molecular weight is 227 g/mol. The Morgan fingerprint density at radius 3 is 2.53 bits per heavy atom. The predicted molar refractivity (Wildman–Crippen MR) is 70.8 cm³/mol. The molecule has 0 aromatic heterocycles. The fourth-order valence-corrected chi connectivity index (χ4v) is 2.97. The van der Waals surface area contributed by atoms with E-state index in [4.69, 9.17) is 0 Å². The number of benzene rings is 1. The predicted octanol–water partition coefficient (Wildman–Crippen LogP) is 4.27. The monoisotopic (exact) mass is 227 g/mol. The van der Waals surface area contributed by atoms with Gasteiger partial charge in [0, 0.05) is 0 Å². The van der Waals surface area contributed by atoms with Gasteiger partial charge < -0.3 is 0 Å². The smallest absolute Gasteiger partial charge is 0.0827 e. The molecule has 0 spiro atoms. The van der Waals surface area contributed by atoms with Gasteiger partial charge in [0.25, 0.3) is 0 Å². The minimum absolute atomic E-state index is 0.182. The van der Waals surface area contributed by atoms with Crippen LogP contribution < -0.4 is 0 Å². The molecule has 1 aromatic rings. The molecule has 0 bridgehead atoms. The van der Waals surface area contributed by atoms with Gasteiger partial charge in [0.1, 0.15) is 0 Å². The standard InChI is InChI=1S/C16H21N/c1-4-5-14-9-16(10-14,11-17)15-7-6-12(2)13(3)8-15/h6-8,14H,4-5,9-10H2,1-3H3. The maximum atomic E-state index is 9.49. The van der Waals surface area contributed by atoms with E-state index in [-0.39, 0.29) is 5.41 Å². The van der Waals surface area contributed by atoms with Crippen molar-refractivity contribution < 1.29 is 0 Å². The lowest BCUT2D eigenvalue weighted by Gasteiger charge is -2.43. The van der Waals surface area contributed by atoms with Crippen molar-refractivity contribution in [3.8, 4) is 6.07 Å². The van der Waals surface area contributed by atoms with Crippen molar-refractivity contribution in [2.75, 3.05) is 0 Å². The second-order valence-corrected chi connectivity index (χ2v) is 5.56. The fourth-order valence-electron chi connectivity index (χ4n) is 2.97. The Bertz CT molecular complexity index is 447. The highest BCUT2D eigenvalue weighted by atomic mass is 14.5. The van der Waals surface area contributed by atoms with Crippen LogP contribution in [0, 0.1) is 31.1 Å². The van der Waals surface area contributed by atoms with Crippen molar-refractivity contribution in [2.45, 2.75) is 51.9 Å². The largest absolute Gasteiger partial charge is 0.197 e. The Balaban J connectivity index is 2.21. The molecular weight excluding hydrogens is 206 g/mol. The summed E-state index contributed by atoms with van der Waals surface area (Å²) < 4.78 is 0. The first-order valence-electron chi connectivity index (χ1n) is 6.60. The van der Waals surface area contributed by atoms with E-state index < -0.39 is 0 Å². The first-order chi connectivity index (χ1) is 8.11. The molecule has 1 aromatic carbocycles. The summed E-state index contributed by atoms with van der Waals surface area (Å²) >= 11 is 0. The number of hydrogen-bond donors (Lipinski definition) is 0. The summed E-state index contributed by atoms with van der Waals surface area (Å²) in [6.45, 7) is 6.48. The molecule has 1 aliphatic rings. The summed E-state index contributed by atoms with van der Waals surface area (Å²) in [5.41, 5.74) is 3.66. The highest BCUT2D eigenvalue weighted by Gasteiger charge is 2.45. The second kappa shape index (κ2) is 4.53. The molecule has 1 heteroatoms. The van der Waals surface area contributed by atoms with Crippen LogP contribution in [0.2, 0.25) is 0 Å². The lowest BCUT2D eigenvalue weighted by molar-refractivity contribution is 0.184. The summed E-state index contributed by atoms with van der Waals surface area (Å²) in [6.07, 6.45) is 4.62. The van der Waals surface area contributed by atoms with Gasteiger partial charge in [-0.1, -0.05) is 38.0 Å². The zero-order valence-electron chi connectivity index (χ0n) is 11.1. The van der Waals surface area contributed by atoms with Crippen LogP contribution in [0.3, 0.4) is 0 Å². The van der Waals surface area contributed by atoms with Crippen molar-refractivity contribution >= 4 is 0 Å². The Morgan fingerprint density at radius 1 is 1.29 bits per heavy atom. The highest BCUT2D eigenvalue weighted by molar-refractivity contribution is 5.40. The van der Waals surface area contributed by atoms with E-state index in [0.717, 1.165) is 18.8 Å². The Morgan fingerprint density at radius 2 is 2.00 bits per heavy atom. The molecule has 0 aliphatic heterocycles. The van der Waals surface area contributed by atoms with E-state index in [1.807, 2.05) is 0 Å². The molecule has 90 valence electrons. The first kappa shape index (κ1) is 12.2. The molecule has 0 heterocycles. The third-order valence-corrected chi connectivity index (χ3v) is 4.24. The maximum absolute atomic E-state index is 9.49. The number of hydrogen-bond acceptors (Lipinski definition) is 1. The van der Waals surface area contributed by atoms with Gasteiger partial charge >= 0.3 is 0 Å². The maximum Gasteiger partial charge on any atom is 0.0827 e. The third kappa shape index (κ3) is 2.09. The zero-order valence-corrected chi connectivity index (χ0v) is 11.1. The zero-order chi connectivity index (χ0) is 12.5. The van der Waals surface area contributed by atoms with Gasteiger partial charge in [-0.15, -0.1) is 0 Å². The number of rotatable bonds is 3. The molecule has 2 rings (SSSR count). The van der Waals surface area contributed by atoms with E-state index in [0.29, 0.717) is 0 Å². The quantitative estimate of drug-likeness (QED) is 0.756. The molecule has 0 saturated heterocycles. The molecule has 1 nitrogen and oxygen atoms in total. The van der Waals surface area contributed by atoms with Gasteiger partial charge in [0.15, 0.2) is 0 Å². The lowest BCUT2D eigenvalue weighted by Crippen LogP contribution is -2.40. The summed E-state index contributed by atoms with van der Waals surface area (Å²) in [5, 5.41) is 9.49. The molecule has 1 fully saturated rings. The van der Waals surface area contributed by atoms with Gasteiger partial charge in [-0.2, -0.15) is 5.26 Å². The normalized spacial score (nSPS) is 27.3. The molecule has 0 atom stereocenters. The van der Waals surface area contributed by atoms with E-state index in [1.54, 1.807) is 0 Å². The first-order valence-corrected chi connectivity index (χ1v) is 6.60. The van der Waals surface area contributed by atoms with Crippen LogP contribution in [-0.2, 0) is 5.41 Å². The van der Waals surface area contributed by atoms with Gasteiger partial charge in [0.2, 0.25) is 0 Å². The third-order valence-electron chi connectivity index (χ3n) is 4.24. The summed E-state index contributed by atoms with van der Waals surface area (Å²) in [4.78, 5) is 0. The van der Waals surface area contributed by atoms with Crippen LogP contribution in [0.5, 0.6) is 0 Å². The van der Waals surface area contributed by atoms with Crippen LogP contribution in [0.15, 0.2) is 18.2 Å². The molecule has 0 N–H and O–H groups in total. The molecule has 0 unspecified atom stereocenters. The van der Waals surface area contributed by atoms with Crippen molar-refractivity contribution in [1.29, 1.82) is 5.26 Å². The van der Waals surface area contributed by atoms with Gasteiger partial charge in [0.05, 0.1) is 11.5 Å². The lowest BCUT2D eigenvalue weighted by atomic mass is 9.58. The highest BCUT2D eigenvalue weighted by Crippen LogP contribution is 2.49. The minimum Gasteiger partial charge on any atom is -0.197 e. The molecule has 1 saturated carbocycles. The van der Waals surface area contributed by atoms with Crippen LogP contribution in [-0.4, -0.2) is 0 Å². The Kier molecular flexibility index (Phi) is 3.24. The van der Waals surface area contributed by atoms with Crippen molar-refractivity contribution in [2.24, 2.45) is 5.92 Å². The van der Waals surface area contributed by atoms with Crippen molar-refractivity contribution in [1.82, 2.24) is 0 Å². The van der Waals surface area contributed by atoms with Crippen molar-refractivity contribution in [3.05, 3.63) is 34.9 Å².